The number of fused-ring (bicyclic) bond motifs is 1. The van der Waals surface area contributed by atoms with Crippen molar-refractivity contribution in [2.75, 3.05) is 0 Å². The van der Waals surface area contributed by atoms with Gasteiger partial charge in [0.2, 0.25) is 0 Å². The number of ether oxygens (including phenoxy) is 1. The van der Waals surface area contributed by atoms with Gasteiger partial charge in [-0.3, -0.25) is 14.8 Å². The Morgan fingerprint density at radius 1 is 1.29 bits per heavy atom. The zero-order chi connectivity index (χ0) is 17.1. The van der Waals surface area contributed by atoms with E-state index in [0.29, 0.717) is 17.4 Å². The van der Waals surface area contributed by atoms with Crippen LogP contribution < -0.4 is 5.56 Å². The largest absolute Gasteiger partial charge is 0.459 e. The van der Waals surface area contributed by atoms with Gasteiger partial charge in [-0.15, -0.1) is 0 Å². The second kappa shape index (κ2) is 6.62. The molecule has 0 spiro atoms. The van der Waals surface area contributed by atoms with E-state index < -0.39 is 5.97 Å². The summed E-state index contributed by atoms with van der Waals surface area (Å²) in [5.41, 5.74) is 1.53. The molecule has 0 aliphatic heterocycles. The maximum absolute atomic E-state index is 12.7. The predicted octanol–water partition coefficient (Wildman–Crippen LogP) is 2.41. The van der Waals surface area contributed by atoms with Crippen LogP contribution in [0.2, 0.25) is 0 Å². The molecule has 0 saturated carbocycles. The SMILES string of the molecule is CC(C)OC(=O)c1cnc2ccn(Cc3cccnc3)c(=O)c2c1. The summed E-state index contributed by atoms with van der Waals surface area (Å²) in [6.07, 6.45) is 6.29. The van der Waals surface area contributed by atoms with Crippen molar-refractivity contribution in [1.82, 2.24) is 14.5 Å². The molecule has 0 aromatic carbocycles. The van der Waals surface area contributed by atoms with Crippen LogP contribution >= 0.6 is 0 Å². The van der Waals surface area contributed by atoms with Crippen LogP contribution in [0, 0.1) is 0 Å². The monoisotopic (exact) mass is 323 g/mol. The van der Waals surface area contributed by atoms with Gasteiger partial charge in [0.1, 0.15) is 0 Å². The molecular formula is C18H17N3O3. The van der Waals surface area contributed by atoms with E-state index in [2.05, 4.69) is 9.97 Å². The number of hydrogen-bond donors (Lipinski definition) is 0. The lowest BCUT2D eigenvalue weighted by Gasteiger charge is -2.09. The van der Waals surface area contributed by atoms with Gasteiger partial charge in [-0.25, -0.2) is 4.79 Å². The molecule has 6 heteroatoms. The van der Waals surface area contributed by atoms with Crippen molar-refractivity contribution >= 4 is 16.9 Å². The molecule has 0 radical (unpaired) electrons. The van der Waals surface area contributed by atoms with Gasteiger partial charge in [0, 0.05) is 24.8 Å². The molecule has 0 bridgehead atoms. The fraction of sp³-hybridized carbons (Fsp3) is 0.222. The molecule has 0 aliphatic carbocycles. The first-order chi connectivity index (χ1) is 11.5. The van der Waals surface area contributed by atoms with Crippen LogP contribution in [0.5, 0.6) is 0 Å². The maximum atomic E-state index is 12.7. The van der Waals surface area contributed by atoms with Crippen molar-refractivity contribution in [3.63, 3.8) is 0 Å². The molecule has 0 aliphatic rings. The molecule has 3 heterocycles. The van der Waals surface area contributed by atoms with E-state index in [4.69, 9.17) is 4.74 Å². The zero-order valence-electron chi connectivity index (χ0n) is 13.5. The minimum Gasteiger partial charge on any atom is -0.459 e. The number of nitrogens with zero attached hydrogens (tertiary/aromatic N) is 3. The first-order valence-electron chi connectivity index (χ1n) is 7.63. The second-order valence-electron chi connectivity index (χ2n) is 5.72. The van der Waals surface area contributed by atoms with E-state index in [9.17, 15) is 9.59 Å². The van der Waals surface area contributed by atoms with Crippen molar-refractivity contribution in [2.24, 2.45) is 0 Å². The molecule has 0 amide bonds. The summed E-state index contributed by atoms with van der Waals surface area (Å²) in [6, 6.07) is 7.01. The fourth-order valence-corrected chi connectivity index (χ4v) is 2.37. The van der Waals surface area contributed by atoms with E-state index in [-0.39, 0.29) is 17.2 Å². The fourth-order valence-electron chi connectivity index (χ4n) is 2.37. The summed E-state index contributed by atoms with van der Waals surface area (Å²) < 4.78 is 6.72. The van der Waals surface area contributed by atoms with Gasteiger partial charge in [0.05, 0.1) is 29.1 Å². The molecule has 6 nitrogen and oxygen atoms in total. The van der Waals surface area contributed by atoms with E-state index in [1.165, 1.54) is 12.3 Å². The summed E-state index contributed by atoms with van der Waals surface area (Å²) in [7, 11) is 0. The molecule has 0 fully saturated rings. The molecule has 24 heavy (non-hydrogen) atoms. The molecule has 3 rings (SSSR count). The minimum absolute atomic E-state index is 0.206. The third-order valence-electron chi connectivity index (χ3n) is 3.48. The van der Waals surface area contributed by atoms with Crippen LogP contribution in [-0.2, 0) is 11.3 Å². The third-order valence-corrected chi connectivity index (χ3v) is 3.48. The maximum Gasteiger partial charge on any atom is 0.339 e. The van der Waals surface area contributed by atoms with Gasteiger partial charge < -0.3 is 9.30 Å². The summed E-state index contributed by atoms with van der Waals surface area (Å²) >= 11 is 0. The normalized spacial score (nSPS) is 11.0. The molecule has 0 N–H and O–H groups in total. The highest BCUT2D eigenvalue weighted by atomic mass is 16.5. The highest BCUT2D eigenvalue weighted by Crippen LogP contribution is 2.11. The predicted molar refractivity (Wildman–Crippen MR) is 89.9 cm³/mol. The molecule has 0 unspecified atom stereocenters. The zero-order valence-corrected chi connectivity index (χ0v) is 13.5. The average molecular weight is 323 g/mol. The summed E-state index contributed by atoms with van der Waals surface area (Å²) in [4.78, 5) is 32.9. The van der Waals surface area contributed by atoms with Crippen LogP contribution in [0.1, 0.15) is 29.8 Å². The number of esters is 1. The average Bonchev–Trinajstić information content (AvgIpc) is 2.57. The summed E-state index contributed by atoms with van der Waals surface area (Å²) in [5, 5.41) is 0.389. The Morgan fingerprint density at radius 2 is 2.12 bits per heavy atom. The Bertz CT molecular complexity index is 933. The molecular weight excluding hydrogens is 306 g/mol. The van der Waals surface area contributed by atoms with Crippen molar-refractivity contribution in [3.8, 4) is 0 Å². The highest BCUT2D eigenvalue weighted by molar-refractivity contribution is 5.93. The van der Waals surface area contributed by atoms with Gasteiger partial charge >= 0.3 is 5.97 Å². The van der Waals surface area contributed by atoms with Crippen molar-refractivity contribution in [3.05, 3.63) is 70.5 Å². The molecule has 0 saturated heterocycles. The van der Waals surface area contributed by atoms with E-state index in [1.807, 2.05) is 12.1 Å². The topological polar surface area (TPSA) is 74.1 Å². The van der Waals surface area contributed by atoms with Gasteiger partial charge in [0.15, 0.2) is 0 Å². The Kier molecular flexibility index (Phi) is 4.37. The van der Waals surface area contributed by atoms with Crippen LogP contribution in [0.3, 0.4) is 0 Å². The Hall–Kier alpha value is -3.02. The highest BCUT2D eigenvalue weighted by Gasteiger charge is 2.13. The van der Waals surface area contributed by atoms with E-state index in [1.54, 1.807) is 43.1 Å². The van der Waals surface area contributed by atoms with Crippen molar-refractivity contribution in [2.45, 2.75) is 26.5 Å². The smallest absolute Gasteiger partial charge is 0.339 e. The van der Waals surface area contributed by atoms with Gasteiger partial charge in [-0.05, 0) is 37.6 Å². The lowest BCUT2D eigenvalue weighted by atomic mass is 10.2. The van der Waals surface area contributed by atoms with Crippen molar-refractivity contribution in [1.29, 1.82) is 0 Å². The third kappa shape index (κ3) is 3.32. The second-order valence-corrected chi connectivity index (χ2v) is 5.72. The molecule has 122 valence electrons. The van der Waals surface area contributed by atoms with Gasteiger partial charge in [-0.1, -0.05) is 6.07 Å². The van der Waals surface area contributed by atoms with Gasteiger partial charge in [-0.2, -0.15) is 0 Å². The standard InChI is InChI=1S/C18H17N3O3/c1-12(2)24-18(23)14-8-15-16(20-10-14)5-7-21(17(15)22)11-13-4-3-6-19-9-13/h3-10,12H,11H2,1-2H3. The molecule has 0 atom stereocenters. The molecule has 3 aromatic rings. The Labute approximate surface area is 138 Å². The van der Waals surface area contributed by atoms with E-state index >= 15 is 0 Å². The number of rotatable bonds is 4. The van der Waals surface area contributed by atoms with Crippen LogP contribution in [-0.4, -0.2) is 26.6 Å². The minimum atomic E-state index is -0.485. The Morgan fingerprint density at radius 3 is 2.83 bits per heavy atom. The lowest BCUT2D eigenvalue weighted by Crippen LogP contribution is -2.21. The summed E-state index contributed by atoms with van der Waals surface area (Å²) in [5.74, 6) is -0.485. The van der Waals surface area contributed by atoms with Crippen LogP contribution in [0.15, 0.2) is 53.8 Å². The van der Waals surface area contributed by atoms with Crippen LogP contribution in [0.25, 0.3) is 10.9 Å². The molecule has 3 aromatic heterocycles. The number of carbonyl (C=O) groups excluding carboxylic acids is 1. The quantitative estimate of drug-likeness (QED) is 0.689. The Balaban J connectivity index is 2.00. The first-order valence-corrected chi connectivity index (χ1v) is 7.63. The number of aromatic nitrogens is 3. The summed E-state index contributed by atoms with van der Waals surface area (Å²) in [6.45, 7) is 3.95. The van der Waals surface area contributed by atoms with E-state index in [0.717, 1.165) is 5.56 Å². The number of hydrogen-bond acceptors (Lipinski definition) is 5. The van der Waals surface area contributed by atoms with Crippen LogP contribution in [0.4, 0.5) is 0 Å². The lowest BCUT2D eigenvalue weighted by molar-refractivity contribution is 0.0377. The van der Waals surface area contributed by atoms with Gasteiger partial charge in [0.25, 0.3) is 5.56 Å². The first kappa shape index (κ1) is 15.9. The number of pyridine rings is 3. The number of carbonyl (C=O) groups is 1. The van der Waals surface area contributed by atoms with Crippen molar-refractivity contribution < 1.29 is 9.53 Å².